The van der Waals surface area contributed by atoms with Crippen LogP contribution in [0.2, 0.25) is 0 Å². The number of aliphatic hydroxyl groups excluding tert-OH is 1. The number of amides is 1. The lowest BCUT2D eigenvalue weighted by molar-refractivity contribution is -0.122. The van der Waals surface area contributed by atoms with Crippen LogP contribution in [0.1, 0.15) is 24.8 Å². The molecule has 1 aromatic carbocycles. The highest BCUT2D eigenvalue weighted by Crippen LogP contribution is 2.18. The molecule has 0 saturated carbocycles. The van der Waals surface area contributed by atoms with Crippen molar-refractivity contribution in [2.24, 2.45) is 5.92 Å². The number of anilines is 1. The first-order chi connectivity index (χ1) is 9.29. The Hall–Kier alpha value is -1.39. The van der Waals surface area contributed by atoms with E-state index in [2.05, 4.69) is 5.32 Å². The third kappa shape index (κ3) is 4.33. The van der Waals surface area contributed by atoms with E-state index in [0.29, 0.717) is 13.2 Å². The van der Waals surface area contributed by atoms with Crippen molar-refractivity contribution >= 4 is 11.6 Å². The predicted molar refractivity (Wildman–Crippen MR) is 74.0 cm³/mol. The Balaban J connectivity index is 1.92. The molecular weight excluding hydrogens is 242 g/mol. The van der Waals surface area contributed by atoms with Gasteiger partial charge in [-0.25, -0.2) is 0 Å². The summed E-state index contributed by atoms with van der Waals surface area (Å²) in [4.78, 5) is 12.1. The third-order valence-corrected chi connectivity index (χ3v) is 3.41. The van der Waals surface area contributed by atoms with Crippen LogP contribution < -0.4 is 5.32 Å². The normalized spacial score (nSPS) is 16.3. The number of benzene rings is 1. The van der Waals surface area contributed by atoms with Crippen LogP contribution in [-0.2, 0) is 16.0 Å². The summed E-state index contributed by atoms with van der Waals surface area (Å²) in [7, 11) is 0. The summed E-state index contributed by atoms with van der Waals surface area (Å²) in [5.41, 5.74) is 1.98. The summed E-state index contributed by atoms with van der Waals surface area (Å²) in [5, 5.41) is 11.8. The van der Waals surface area contributed by atoms with Crippen LogP contribution in [0.4, 0.5) is 5.69 Å². The highest BCUT2D eigenvalue weighted by atomic mass is 16.5. The summed E-state index contributed by atoms with van der Waals surface area (Å²) in [6, 6.07) is 7.83. The van der Waals surface area contributed by atoms with Crippen molar-refractivity contribution in [3.05, 3.63) is 29.8 Å². The molecular formula is C15H21NO3. The van der Waals surface area contributed by atoms with Crippen LogP contribution in [0.5, 0.6) is 0 Å². The number of ether oxygens (including phenoxy) is 1. The largest absolute Gasteiger partial charge is 0.396 e. The van der Waals surface area contributed by atoms with Gasteiger partial charge in [-0.3, -0.25) is 4.79 Å². The van der Waals surface area contributed by atoms with Gasteiger partial charge in [-0.2, -0.15) is 0 Å². The maximum Gasteiger partial charge on any atom is 0.227 e. The van der Waals surface area contributed by atoms with E-state index in [-0.39, 0.29) is 18.4 Å². The average molecular weight is 263 g/mol. The Morgan fingerprint density at radius 3 is 2.89 bits per heavy atom. The Labute approximate surface area is 113 Å². The van der Waals surface area contributed by atoms with Gasteiger partial charge in [0, 0.05) is 31.4 Å². The van der Waals surface area contributed by atoms with Crippen molar-refractivity contribution in [2.45, 2.75) is 25.7 Å². The van der Waals surface area contributed by atoms with Gasteiger partial charge in [-0.1, -0.05) is 12.1 Å². The molecule has 1 saturated heterocycles. The highest BCUT2D eigenvalue weighted by Gasteiger charge is 2.21. The first-order valence-electron chi connectivity index (χ1n) is 6.88. The van der Waals surface area contributed by atoms with Gasteiger partial charge in [0.1, 0.15) is 0 Å². The minimum Gasteiger partial charge on any atom is -0.396 e. The van der Waals surface area contributed by atoms with E-state index in [1.165, 1.54) is 0 Å². The molecule has 0 spiro atoms. The fourth-order valence-corrected chi connectivity index (χ4v) is 2.29. The molecule has 0 aliphatic carbocycles. The minimum atomic E-state index is 0.0647. The predicted octanol–water partition coefficient (Wildman–Crippen LogP) is 1.98. The molecule has 1 aliphatic heterocycles. The molecule has 0 unspecified atom stereocenters. The van der Waals surface area contributed by atoms with Crippen LogP contribution in [-0.4, -0.2) is 30.8 Å². The molecule has 104 valence electrons. The molecule has 0 bridgehead atoms. The maximum absolute atomic E-state index is 12.1. The Bertz CT molecular complexity index is 414. The summed E-state index contributed by atoms with van der Waals surface area (Å²) >= 11 is 0. The molecule has 1 heterocycles. The van der Waals surface area contributed by atoms with Gasteiger partial charge in [0.05, 0.1) is 0 Å². The number of carbonyl (C=O) groups is 1. The van der Waals surface area contributed by atoms with E-state index in [4.69, 9.17) is 9.84 Å². The molecule has 4 heteroatoms. The summed E-state index contributed by atoms with van der Waals surface area (Å²) < 4.78 is 5.26. The van der Waals surface area contributed by atoms with E-state index >= 15 is 0 Å². The standard InChI is InChI=1S/C15H21NO3/c17-8-2-4-12-3-1-5-14(11-12)16-15(18)13-6-9-19-10-7-13/h1,3,5,11,13,17H,2,4,6-10H2,(H,16,18). The molecule has 1 aromatic rings. The molecule has 19 heavy (non-hydrogen) atoms. The minimum absolute atomic E-state index is 0.0647. The molecule has 0 atom stereocenters. The van der Waals surface area contributed by atoms with Gasteiger partial charge >= 0.3 is 0 Å². The lowest BCUT2D eigenvalue weighted by atomic mass is 9.99. The van der Waals surface area contributed by atoms with Gasteiger partial charge in [-0.05, 0) is 43.4 Å². The second-order valence-electron chi connectivity index (χ2n) is 4.90. The van der Waals surface area contributed by atoms with Gasteiger partial charge < -0.3 is 15.2 Å². The lowest BCUT2D eigenvalue weighted by Gasteiger charge is -2.21. The molecule has 1 amide bonds. The van der Waals surface area contributed by atoms with Gasteiger partial charge in [-0.15, -0.1) is 0 Å². The molecule has 2 rings (SSSR count). The van der Waals surface area contributed by atoms with Crippen LogP contribution in [0.3, 0.4) is 0 Å². The maximum atomic E-state index is 12.1. The number of hydrogen-bond acceptors (Lipinski definition) is 3. The van der Waals surface area contributed by atoms with Crippen LogP contribution in [0, 0.1) is 5.92 Å². The van der Waals surface area contributed by atoms with Gasteiger partial charge in [0.2, 0.25) is 5.91 Å². The fourth-order valence-electron chi connectivity index (χ4n) is 2.29. The zero-order valence-corrected chi connectivity index (χ0v) is 11.1. The number of carbonyl (C=O) groups excluding carboxylic acids is 1. The zero-order chi connectivity index (χ0) is 13.5. The first-order valence-corrected chi connectivity index (χ1v) is 6.88. The third-order valence-electron chi connectivity index (χ3n) is 3.41. The van der Waals surface area contributed by atoms with E-state index in [0.717, 1.165) is 36.9 Å². The van der Waals surface area contributed by atoms with Crippen molar-refractivity contribution in [1.82, 2.24) is 0 Å². The van der Waals surface area contributed by atoms with Gasteiger partial charge in [0.15, 0.2) is 0 Å². The Kier molecular flexibility index (Phi) is 5.36. The van der Waals surface area contributed by atoms with E-state index in [1.807, 2.05) is 24.3 Å². The van der Waals surface area contributed by atoms with Crippen LogP contribution >= 0.6 is 0 Å². The summed E-state index contributed by atoms with van der Waals surface area (Å²) in [6.07, 6.45) is 3.18. The first kappa shape index (κ1) is 14.0. The molecule has 2 N–H and O–H groups in total. The number of nitrogens with one attached hydrogen (secondary N) is 1. The zero-order valence-electron chi connectivity index (χ0n) is 11.1. The molecule has 1 aliphatic rings. The summed E-state index contributed by atoms with van der Waals surface area (Å²) in [5.74, 6) is 0.150. The number of hydrogen-bond donors (Lipinski definition) is 2. The smallest absolute Gasteiger partial charge is 0.227 e. The Morgan fingerprint density at radius 2 is 2.16 bits per heavy atom. The van der Waals surface area contributed by atoms with Crippen LogP contribution in [0.15, 0.2) is 24.3 Å². The number of rotatable bonds is 5. The molecule has 0 radical (unpaired) electrons. The lowest BCUT2D eigenvalue weighted by Crippen LogP contribution is -2.28. The highest BCUT2D eigenvalue weighted by molar-refractivity contribution is 5.92. The van der Waals surface area contributed by atoms with Gasteiger partial charge in [0.25, 0.3) is 0 Å². The molecule has 1 fully saturated rings. The Morgan fingerprint density at radius 1 is 1.37 bits per heavy atom. The second-order valence-corrected chi connectivity index (χ2v) is 4.90. The van der Waals surface area contributed by atoms with Crippen molar-refractivity contribution in [1.29, 1.82) is 0 Å². The quantitative estimate of drug-likeness (QED) is 0.854. The summed E-state index contributed by atoms with van der Waals surface area (Å²) in [6.45, 7) is 1.54. The topological polar surface area (TPSA) is 58.6 Å². The SMILES string of the molecule is O=C(Nc1cccc(CCCO)c1)C1CCOCC1. The molecule has 0 aromatic heterocycles. The number of aliphatic hydroxyl groups is 1. The van der Waals surface area contributed by atoms with Crippen molar-refractivity contribution in [3.8, 4) is 0 Å². The monoisotopic (exact) mass is 263 g/mol. The average Bonchev–Trinajstić information content (AvgIpc) is 2.46. The van der Waals surface area contributed by atoms with Crippen molar-refractivity contribution in [3.63, 3.8) is 0 Å². The van der Waals surface area contributed by atoms with E-state index < -0.39 is 0 Å². The van der Waals surface area contributed by atoms with E-state index in [9.17, 15) is 4.79 Å². The van der Waals surface area contributed by atoms with Crippen molar-refractivity contribution in [2.75, 3.05) is 25.1 Å². The second kappa shape index (κ2) is 7.26. The number of aryl methyl sites for hydroxylation is 1. The van der Waals surface area contributed by atoms with E-state index in [1.54, 1.807) is 0 Å². The fraction of sp³-hybridized carbons (Fsp3) is 0.533. The van der Waals surface area contributed by atoms with Crippen LogP contribution in [0.25, 0.3) is 0 Å². The molecule has 4 nitrogen and oxygen atoms in total. The van der Waals surface area contributed by atoms with Crippen molar-refractivity contribution < 1.29 is 14.6 Å².